The SMILES string of the molecule is CCC1CN2CCc3cc(OC)c(O)cc3C2CC1CC=O. The Kier molecular flexibility index (Phi) is 4.39. The summed E-state index contributed by atoms with van der Waals surface area (Å²) < 4.78 is 5.23. The summed E-state index contributed by atoms with van der Waals surface area (Å²) in [5.74, 6) is 1.83. The molecule has 1 aromatic rings. The maximum Gasteiger partial charge on any atom is 0.160 e. The van der Waals surface area contributed by atoms with Gasteiger partial charge in [-0.2, -0.15) is 0 Å². The van der Waals surface area contributed by atoms with Crippen LogP contribution in [0.4, 0.5) is 0 Å². The van der Waals surface area contributed by atoms with Crippen LogP contribution in [0.25, 0.3) is 0 Å². The van der Waals surface area contributed by atoms with E-state index in [0.717, 1.165) is 38.6 Å². The molecular formula is C18H25NO3. The number of aromatic hydroxyl groups is 1. The lowest BCUT2D eigenvalue weighted by Crippen LogP contribution is -2.45. The Morgan fingerprint density at radius 1 is 1.41 bits per heavy atom. The highest BCUT2D eigenvalue weighted by Gasteiger charge is 2.38. The van der Waals surface area contributed by atoms with E-state index in [1.807, 2.05) is 12.1 Å². The van der Waals surface area contributed by atoms with E-state index in [2.05, 4.69) is 11.8 Å². The van der Waals surface area contributed by atoms with Crippen molar-refractivity contribution in [1.82, 2.24) is 4.90 Å². The number of methoxy groups -OCH3 is 1. The summed E-state index contributed by atoms with van der Waals surface area (Å²) in [6.45, 7) is 4.33. The monoisotopic (exact) mass is 303 g/mol. The summed E-state index contributed by atoms with van der Waals surface area (Å²) in [7, 11) is 1.59. The summed E-state index contributed by atoms with van der Waals surface area (Å²) in [4.78, 5) is 13.5. The summed E-state index contributed by atoms with van der Waals surface area (Å²) in [5.41, 5.74) is 2.49. The fourth-order valence-corrected chi connectivity index (χ4v) is 4.23. The number of phenols is 1. The first-order valence-electron chi connectivity index (χ1n) is 8.25. The summed E-state index contributed by atoms with van der Waals surface area (Å²) in [6.07, 6.45) is 4.86. The third-order valence-corrected chi connectivity index (χ3v) is 5.49. The third kappa shape index (κ3) is 2.60. The molecule has 120 valence electrons. The van der Waals surface area contributed by atoms with E-state index in [0.29, 0.717) is 30.0 Å². The first-order chi connectivity index (χ1) is 10.7. The molecule has 0 spiro atoms. The van der Waals surface area contributed by atoms with Crippen molar-refractivity contribution in [1.29, 1.82) is 0 Å². The lowest BCUT2D eigenvalue weighted by Gasteiger charge is -2.47. The van der Waals surface area contributed by atoms with Gasteiger partial charge in [0.1, 0.15) is 6.29 Å². The molecule has 2 aliphatic rings. The molecule has 22 heavy (non-hydrogen) atoms. The second kappa shape index (κ2) is 6.29. The number of phenolic OH excluding ortho intramolecular Hbond substituents is 1. The lowest BCUT2D eigenvalue weighted by molar-refractivity contribution is -0.109. The van der Waals surface area contributed by atoms with Crippen LogP contribution in [0.15, 0.2) is 12.1 Å². The fraction of sp³-hybridized carbons (Fsp3) is 0.611. The first-order valence-corrected chi connectivity index (χ1v) is 8.25. The van der Waals surface area contributed by atoms with Crippen molar-refractivity contribution < 1.29 is 14.6 Å². The topological polar surface area (TPSA) is 49.8 Å². The Morgan fingerprint density at radius 2 is 2.23 bits per heavy atom. The smallest absolute Gasteiger partial charge is 0.160 e. The van der Waals surface area contributed by atoms with Gasteiger partial charge >= 0.3 is 0 Å². The lowest BCUT2D eigenvalue weighted by atomic mass is 9.75. The van der Waals surface area contributed by atoms with Gasteiger partial charge in [0.2, 0.25) is 0 Å². The van der Waals surface area contributed by atoms with Crippen LogP contribution in [0, 0.1) is 11.8 Å². The summed E-state index contributed by atoms with van der Waals surface area (Å²) in [6, 6.07) is 4.17. The van der Waals surface area contributed by atoms with Crippen molar-refractivity contribution in [3.8, 4) is 11.5 Å². The van der Waals surface area contributed by atoms with E-state index < -0.39 is 0 Å². The zero-order valence-electron chi connectivity index (χ0n) is 13.4. The van der Waals surface area contributed by atoms with Gasteiger partial charge in [0.25, 0.3) is 0 Å². The average molecular weight is 303 g/mol. The van der Waals surface area contributed by atoms with E-state index in [4.69, 9.17) is 4.74 Å². The molecule has 0 radical (unpaired) electrons. The summed E-state index contributed by atoms with van der Waals surface area (Å²) >= 11 is 0. The van der Waals surface area contributed by atoms with Crippen LogP contribution in [0.5, 0.6) is 11.5 Å². The highest BCUT2D eigenvalue weighted by molar-refractivity contribution is 5.51. The minimum absolute atomic E-state index is 0.215. The van der Waals surface area contributed by atoms with Crippen LogP contribution in [0.2, 0.25) is 0 Å². The predicted octanol–water partition coefficient (Wildman–Crippen LogP) is 2.94. The first kappa shape index (κ1) is 15.3. The number of ether oxygens (including phenoxy) is 1. The van der Waals surface area contributed by atoms with Gasteiger partial charge in [-0.3, -0.25) is 4.90 Å². The van der Waals surface area contributed by atoms with Crippen molar-refractivity contribution in [3.63, 3.8) is 0 Å². The Labute approximate surface area is 132 Å². The van der Waals surface area contributed by atoms with Crippen molar-refractivity contribution in [2.75, 3.05) is 20.2 Å². The molecule has 3 unspecified atom stereocenters. The van der Waals surface area contributed by atoms with Crippen molar-refractivity contribution >= 4 is 6.29 Å². The molecule has 1 N–H and O–H groups in total. The second-order valence-corrected chi connectivity index (χ2v) is 6.55. The maximum atomic E-state index is 11.0. The van der Waals surface area contributed by atoms with Gasteiger partial charge in [-0.15, -0.1) is 0 Å². The van der Waals surface area contributed by atoms with Gasteiger partial charge in [-0.05, 0) is 47.9 Å². The van der Waals surface area contributed by atoms with Gasteiger partial charge in [0.15, 0.2) is 11.5 Å². The van der Waals surface area contributed by atoms with Crippen LogP contribution >= 0.6 is 0 Å². The molecular weight excluding hydrogens is 278 g/mol. The van der Waals surface area contributed by atoms with E-state index in [1.54, 1.807) is 7.11 Å². The quantitative estimate of drug-likeness (QED) is 0.869. The number of aldehydes is 1. The van der Waals surface area contributed by atoms with E-state index in [-0.39, 0.29) is 5.75 Å². The molecule has 0 amide bonds. The van der Waals surface area contributed by atoms with Gasteiger partial charge in [-0.25, -0.2) is 0 Å². The third-order valence-electron chi connectivity index (χ3n) is 5.49. The average Bonchev–Trinajstić information content (AvgIpc) is 2.54. The van der Waals surface area contributed by atoms with Gasteiger partial charge in [0, 0.05) is 25.6 Å². The maximum absolute atomic E-state index is 11.0. The standard InChI is InChI=1S/C18H25NO3/c1-3-12-11-19-6-4-14-9-18(22-2)17(21)10-15(14)16(19)8-13(12)5-7-20/h7,9-10,12-13,16,21H,3-6,8,11H2,1-2H3. The van der Waals surface area contributed by atoms with E-state index in [9.17, 15) is 9.90 Å². The number of hydrogen-bond donors (Lipinski definition) is 1. The van der Waals surface area contributed by atoms with Crippen molar-refractivity contribution in [3.05, 3.63) is 23.3 Å². The normalized spacial score (nSPS) is 27.8. The highest BCUT2D eigenvalue weighted by atomic mass is 16.5. The Balaban J connectivity index is 1.92. The minimum Gasteiger partial charge on any atom is -0.504 e. The summed E-state index contributed by atoms with van der Waals surface area (Å²) in [5, 5.41) is 10.1. The highest BCUT2D eigenvalue weighted by Crippen LogP contribution is 2.45. The number of benzene rings is 1. The van der Waals surface area contributed by atoms with Crippen molar-refractivity contribution in [2.45, 2.75) is 38.6 Å². The van der Waals surface area contributed by atoms with E-state index >= 15 is 0 Å². The van der Waals surface area contributed by atoms with Crippen LogP contribution in [0.1, 0.15) is 43.4 Å². The molecule has 1 fully saturated rings. The molecule has 1 aromatic carbocycles. The molecule has 3 rings (SSSR count). The van der Waals surface area contributed by atoms with Crippen LogP contribution in [0.3, 0.4) is 0 Å². The number of carbonyl (C=O) groups excluding carboxylic acids is 1. The van der Waals surface area contributed by atoms with Gasteiger partial charge in [0.05, 0.1) is 7.11 Å². The number of rotatable bonds is 4. The molecule has 0 bridgehead atoms. The second-order valence-electron chi connectivity index (χ2n) is 6.55. The number of hydrogen-bond acceptors (Lipinski definition) is 4. The molecule has 3 atom stereocenters. The molecule has 1 saturated heterocycles. The molecule has 4 heteroatoms. The molecule has 0 aromatic heterocycles. The Morgan fingerprint density at radius 3 is 2.91 bits per heavy atom. The minimum atomic E-state index is 0.215. The molecule has 0 aliphatic carbocycles. The molecule has 0 saturated carbocycles. The van der Waals surface area contributed by atoms with E-state index in [1.165, 1.54) is 11.1 Å². The number of nitrogens with zero attached hydrogens (tertiary/aromatic N) is 1. The van der Waals surface area contributed by atoms with Crippen LogP contribution < -0.4 is 4.74 Å². The molecule has 2 heterocycles. The molecule has 4 nitrogen and oxygen atoms in total. The van der Waals surface area contributed by atoms with Gasteiger partial charge < -0.3 is 14.6 Å². The largest absolute Gasteiger partial charge is 0.504 e. The zero-order chi connectivity index (χ0) is 15.7. The fourth-order valence-electron chi connectivity index (χ4n) is 4.23. The number of carbonyl (C=O) groups is 1. The Bertz CT molecular complexity index is 558. The molecule has 2 aliphatic heterocycles. The van der Waals surface area contributed by atoms with Crippen LogP contribution in [-0.2, 0) is 11.2 Å². The number of piperidine rings is 1. The van der Waals surface area contributed by atoms with Gasteiger partial charge in [-0.1, -0.05) is 13.3 Å². The Hall–Kier alpha value is -1.55. The zero-order valence-corrected chi connectivity index (χ0v) is 13.4. The predicted molar refractivity (Wildman–Crippen MR) is 85.2 cm³/mol. The van der Waals surface area contributed by atoms with Crippen molar-refractivity contribution in [2.24, 2.45) is 11.8 Å². The van der Waals surface area contributed by atoms with Crippen LogP contribution in [-0.4, -0.2) is 36.5 Å². The number of fused-ring (bicyclic) bond motifs is 3.